The Morgan fingerprint density at radius 3 is 0.778 bits per heavy atom. The third-order valence-electron chi connectivity index (χ3n) is 14.4. The van der Waals surface area contributed by atoms with Crippen LogP contribution in [0.25, 0.3) is 0 Å². The molecule has 0 spiro atoms. The summed E-state index contributed by atoms with van der Waals surface area (Å²) in [6.45, 7) is 6.68. The standard InChI is InChI=1S/C66H122O6/c1-4-7-10-13-16-19-22-25-28-30-31-32-33-34-35-37-38-41-44-47-50-53-56-59-65(68)71-62-63(61-70-64(67)58-55-52-49-46-43-40-27-24-21-18-15-12-9-6-3)72-66(69)60-57-54-51-48-45-42-39-36-29-26-23-20-17-14-11-8-5-2/h22,25-26,29-31,63H,4-21,23-24,27-28,32-62H2,1-3H3/b25-22-,29-26-,31-30-. The fourth-order valence-corrected chi connectivity index (χ4v) is 9.53. The summed E-state index contributed by atoms with van der Waals surface area (Å²) in [5.41, 5.74) is 0. The quantitative estimate of drug-likeness (QED) is 0.0261. The van der Waals surface area contributed by atoms with Crippen LogP contribution in [0.4, 0.5) is 0 Å². The molecule has 0 aliphatic carbocycles. The van der Waals surface area contributed by atoms with Crippen LogP contribution in [-0.4, -0.2) is 37.2 Å². The number of carbonyl (C=O) groups is 3. The van der Waals surface area contributed by atoms with Gasteiger partial charge >= 0.3 is 17.9 Å². The molecular weight excluding hydrogens is 889 g/mol. The van der Waals surface area contributed by atoms with Gasteiger partial charge in [0.15, 0.2) is 6.10 Å². The van der Waals surface area contributed by atoms with E-state index in [0.717, 1.165) is 64.2 Å². The van der Waals surface area contributed by atoms with Crippen LogP contribution in [0, 0.1) is 0 Å². The van der Waals surface area contributed by atoms with Crippen molar-refractivity contribution < 1.29 is 28.6 Å². The van der Waals surface area contributed by atoms with E-state index in [-0.39, 0.29) is 31.1 Å². The third kappa shape index (κ3) is 58.5. The first-order valence-electron chi connectivity index (χ1n) is 32.0. The molecule has 1 atom stereocenters. The average molecular weight is 1010 g/mol. The summed E-state index contributed by atoms with van der Waals surface area (Å²) in [5.74, 6) is -0.853. The minimum Gasteiger partial charge on any atom is -0.462 e. The van der Waals surface area contributed by atoms with Gasteiger partial charge in [-0.05, 0) is 77.0 Å². The summed E-state index contributed by atoms with van der Waals surface area (Å²) in [6.07, 6.45) is 74.3. The summed E-state index contributed by atoms with van der Waals surface area (Å²) in [4.78, 5) is 38.3. The predicted octanol–water partition coefficient (Wildman–Crippen LogP) is 21.6. The van der Waals surface area contributed by atoms with Gasteiger partial charge in [0.2, 0.25) is 0 Å². The second kappa shape index (κ2) is 61.2. The molecule has 0 fully saturated rings. The Hall–Kier alpha value is -2.37. The molecule has 0 bridgehead atoms. The van der Waals surface area contributed by atoms with Crippen molar-refractivity contribution in [2.24, 2.45) is 0 Å². The zero-order chi connectivity index (χ0) is 52.2. The molecule has 0 rings (SSSR count). The van der Waals surface area contributed by atoms with Crippen LogP contribution in [0.1, 0.15) is 348 Å². The van der Waals surface area contributed by atoms with Gasteiger partial charge in [-0.1, -0.05) is 288 Å². The maximum absolute atomic E-state index is 12.9. The monoisotopic (exact) mass is 1010 g/mol. The largest absolute Gasteiger partial charge is 0.462 e. The average Bonchev–Trinajstić information content (AvgIpc) is 3.38. The van der Waals surface area contributed by atoms with Gasteiger partial charge in [-0.3, -0.25) is 14.4 Å². The van der Waals surface area contributed by atoms with Gasteiger partial charge in [0.1, 0.15) is 13.2 Å². The first-order chi connectivity index (χ1) is 35.5. The molecule has 422 valence electrons. The van der Waals surface area contributed by atoms with Gasteiger partial charge < -0.3 is 14.2 Å². The molecule has 0 saturated carbocycles. The van der Waals surface area contributed by atoms with Crippen LogP contribution in [0.5, 0.6) is 0 Å². The van der Waals surface area contributed by atoms with Gasteiger partial charge in [-0.2, -0.15) is 0 Å². The minimum absolute atomic E-state index is 0.0700. The maximum atomic E-state index is 12.9. The second-order valence-electron chi connectivity index (χ2n) is 21.7. The summed E-state index contributed by atoms with van der Waals surface area (Å²) in [7, 11) is 0. The highest BCUT2D eigenvalue weighted by atomic mass is 16.6. The van der Waals surface area contributed by atoms with Crippen molar-refractivity contribution in [3.63, 3.8) is 0 Å². The first-order valence-corrected chi connectivity index (χ1v) is 32.0. The molecule has 0 radical (unpaired) electrons. The smallest absolute Gasteiger partial charge is 0.306 e. The minimum atomic E-state index is -0.773. The fraction of sp³-hybridized carbons (Fsp3) is 0.864. The van der Waals surface area contributed by atoms with Crippen LogP contribution in [-0.2, 0) is 28.6 Å². The molecule has 1 unspecified atom stereocenters. The van der Waals surface area contributed by atoms with E-state index in [9.17, 15) is 14.4 Å². The highest BCUT2D eigenvalue weighted by Crippen LogP contribution is 2.17. The molecule has 6 nitrogen and oxygen atoms in total. The van der Waals surface area contributed by atoms with Crippen LogP contribution in [0.15, 0.2) is 36.5 Å². The Kier molecular flexibility index (Phi) is 59.2. The number of esters is 3. The van der Waals surface area contributed by atoms with Crippen molar-refractivity contribution in [1.29, 1.82) is 0 Å². The molecule has 0 N–H and O–H groups in total. The molecule has 72 heavy (non-hydrogen) atoms. The summed E-state index contributed by atoms with van der Waals surface area (Å²) >= 11 is 0. The Bertz CT molecular complexity index is 1210. The topological polar surface area (TPSA) is 78.9 Å². The molecule has 0 aromatic rings. The molecule has 0 aliphatic rings. The van der Waals surface area contributed by atoms with Gasteiger partial charge in [-0.25, -0.2) is 0 Å². The van der Waals surface area contributed by atoms with Crippen molar-refractivity contribution in [3.05, 3.63) is 36.5 Å². The van der Waals surface area contributed by atoms with Gasteiger partial charge in [0.25, 0.3) is 0 Å². The lowest BCUT2D eigenvalue weighted by atomic mass is 10.0. The number of allylic oxidation sites excluding steroid dienone is 6. The molecule has 0 heterocycles. The van der Waals surface area contributed by atoms with Crippen LogP contribution in [0.3, 0.4) is 0 Å². The summed E-state index contributed by atoms with van der Waals surface area (Å²) in [5, 5.41) is 0. The fourth-order valence-electron chi connectivity index (χ4n) is 9.53. The second-order valence-corrected chi connectivity index (χ2v) is 21.7. The molecule has 6 heteroatoms. The number of unbranched alkanes of at least 4 members (excludes halogenated alkanes) is 42. The number of hydrogen-bond acceptors (Lipinski definition) is 6. The molecule has 0 aromatic heterocycles. The zero-order valence-corrected chi connectivity index (χ0v) is 48.5. The Labute approximate surface area is 448 Å². The van der Waals surface area contributed by atoms with E-state index >= 15 is 0 Å². The van der Waals surface area contributed by atoms with E-state index in [0.29, 0.717) is 19.3 Å². The van der Waals surface area contributed by atoms with Crippen LogP contribution < -0.4 is 0 Å². The van der Waals surface area contributed by atoms with Crippen molar-refractivity contribution >= 4 is 17.9 Å². The van der Waals surface area contributed by atoms with Crippen LogP contribution in [0.2, 0.25) is 0 Å². The number of hydrogen-bond donors (Lipinski definition) is 0. The van der Waals surface area contributed by atoms with E-state index in [1.54, 1.807) is 0 Å². The molecule has 0 aromatic carbocycles. The molecular formula is C66H122O6. The zero-order valence-electron chi connectivity index (χ0n) is 48.5. The number of ether oxygens (including phenoxy) is 3. The van der Waals surface area contributed by atoms with E-state index in [1.165, 1.54) is 244 Å². The third-order valence-corrected chi connectivity index (χ3v) is 14.4. The van der Waals surface area contributed by atoms with Crippen molar-refractivity contribution in [2.45, 2.75) is 354 Å². The van der Waals surface area contributed by atoms with E-state index < -0.39 is 6.10 Å². The Balaban J connectivity index is 4.29. The highest BCUT2D eigenvalue weighted by Gasteiger charge is 2.19. The van der Waals surface area contributed by atoms with Crippen molar-refractivity contribution in [2.75, 3.05) is 13.2 Å². The van der Waals surface area contributed by atoms with Gasteiger partial charge in [0, 0.05) is 19.3 Å². The Morgan fingerprint density at radius 1 is 0.278 bits per heavy atom. The lowest BCUT2D eigenvalue weighted by Gasteiger charge is -2.18. The normalized spacial score (nSPS) is 12.2. The van der Waals surface area contributed by atoms with Crippen LogP contribution >= 0.6 is 0 Å². The number of carbonyl (C=O) groups excluding carboxylic acids is 3. The lowest BCUT2D eigenvalue weighted by molar-refractivity contribution is -0.167. The van der Waals surface area contributed by atoms with E-state index in [2.05, 4.69) is 57.2 Å². The van der Waals surface area contributed by atoms with Gasteiger partial charge in [-0.15, -0.1) is 0 Å². The Morgan fingerprint density at radius 2 is 0.500 bits per heavy atom. The molecule has 0 aliphatic heterocycles. The lowest BCUT2D eigenvalue weighted by Crippen LogP contribution is -2.30. The highest BCUT2D eigenvalue weighted by molar-refractivity contribution is 5.71. The SMILES string of the molecule is CCCCCCC/C=C\C/C=C\CCCCCCCCCCCCCC(=O)OCC(COC(=O)CCCCCCCCCCCCCCCC)OC(=O)CCCCCCCCC/C=C\CCCCCCCC. The van der Waals surface area contributed by atoms with E-state index in [1.807, 2.05) is 0 Å². The molecule has 0 amide bonds. The maximum Gasteiger partial charge on any atom is 0.306 e. The van der Waals surface area contributed by atoms with Crippen molar-refractivity contribution in [1.82, 2.24) is 0 Å². The van der Waals surface area contributed by atoms with Gasteiger partial charge in [0.05, 0.1) is 0 Å². The van der Waals surface area contributed by atoms with Crippen molar-refractivity contribution in [3.8, 4) is 0 Å². The predicted molar refractivity (Wildman–Crippen MR) is 312 cm³/mol. The number of rotatable bonds is 59. The molecule has 0 saturated heterocycles. The summed E-state index contributed by atoms with van der Waals surface area (Å²) in [6, 6.07) is 0. The van der Waals surface area contributed by atoms with E-state index in [4.69, 9.17) is 14.2 Å². The first kappa shape index (κ1) is 69.6. The summed E-state index contributed by atoms with van der Waals surface area (Å²) < 4.78 is 16.9.